The number of piperidine rings is 1. The molecule has 4 rings (SSSR count). The van der Waals surface area contributed by atoms with E-state index in [1.54, 1.807) is 11.3 Å². The average molecular weight is 577 g/mol. The normalized spacial score (nSPS) is 24.0. The fourth-order valence-electron chi connectivity index (χ4n) is 5.00. The number of aliphatic imine (C=N–C) groups is 1. The lowest BCUT2D eigenvalue weighted by Crippen LogP contribution is -2.42. The molecule has 0 amide bonds. The molecule has 0 spiro atoms. The second-order valence-electron chi connectivity index (χ2n) is 9.29. The van der Waals surface area contributed by atoms with Crippen LogP contribution in [0.15, 0.2) is 10.4 Å². The second kappa shape index (κ2) is 13.4. The van der Waals surface area contributed by atoms with Gasteiger partial charge in [-0.25, -0.2) is 4.98 Å². The number of nitrogens with one attached hydrogen (secondary N) is 1. The van der Waals surface area contributed by atoms with E-state index in [2.05, 4.69) is 44.2 Å². The van der Waals surface area contributed by atoms with E-state index in [4.69, 9.17) is 9.73 Å². The van der Waals surface area contributed by atoms with Gasteiger partial charge in [0.25, 0.3) is 0 Å². The van der Waals surface area contributed by atoms with Crippen LogP contribution in [0, 0.1) is 18.8 Å². The fourth-order valence-corrected chi connectivity index (χ4v) is 5.61. The van der Waals surface area contributed by atoms with E-state index in [-0.39, 0.29) is 24.0 Å². The molecule has 1 unspecified atom stereocenters. The summed E-state index contributed by atoms with van der Waals surface area (Å²) in [6.07, 6.45) is 3.76. The summed E-state index contributed by atoms with van der Waals surface area (Å²) >= 11 is 1.76. The quantitative estimate of drug-likeness (QED) is 0.306. The first-order valence-electron chi connectivity index (χ1n) is 12.2. The summed E-state index contributed by atoms with van der Waals surface area (Å²) < 4.78 is 5.50. The highest BCUT2D eigenvalue weighted by atomic mass is 127. The summed E-state index contributed by atoms with van der Waals surface area (Å²) in [7, 11) is 0. The van der Waals surface area contributed by atoms with Gasteiger partial charge >= 0.3 is 0 Å². The Labute approximate surface area is 215 Å². The summed E-state index contributed by atoms with van der Waals surface area (Å²) in [6.45, 7) is 16.9. The summed E-state index contributed by atoms with van der Waals surface area (Å²) in [5.74, 6) is 2.58. The van der Waals surface area contributed by atoms with Crippen LogP contribution in [0.25, 0.3) is 0 Å². The number of hydrogen-bond acceptors (Lipinski definition) is 6. The van der Waals surface area contributed by atoms with Crippen molar-refractivity contribution in [1.29, 1.82) is 0 Å². The Balaban J connectivity index is 0.00000289. The van der Waals surface area contributed by atoms with Crippen molar-refractivity contribution < 1.29 is 4.74 Å². The second-order valence-corrected chi connectivity index (χ2v) is 10.3. The number of aryl methyl sites for hydroxylation is 1. The van der Waals surface area contributed by atoms with E-state index in [1.165, 1.54) is 49.6 Å². The summed E-state index contributed by atoms with van der Waals surface area (Å²) in [5, 5.41) is 6.93. The Morgan fingerprint density at radius 1 is 1.12 bits per heavy atom. The van der Waals surface area contributed by atoms with Crippen molar-refractivity contribution in [2.45, 2.75) is 39.7 Å². The van der Waals surface area contributed by atoms with Crippen molar-refractivity contribution in [3.05, 3.63) is 16.1 Å². The first-order chi connectivity index (χ1) is 15.2. The van der Waals surface area contributed by atoms with Crippen molar-refractivity contribution in [2.24, 2.45) is 16.8 Å². The van der Waals surface area contributed by atoms with Gasteiger partial charge in [0.05, 0.1) is 23.9 Å². The highest BCUT2D eigenvalue weighted by Crippen LogP contribution is 2.21. The van der Waals surface area contributed by atoms with Gasteiger partial charge in [-0.1, -0.05) is 0 Å². The molecule has 0 saturated carbocycles. The molecular weight excluding hydrogens is 535 g/mol. The zero-order valence-electron chi connectivity index (χ0n) is 19.8. The van der Waals surface area contributed by atoms with Crippen LogP contribution in [0.2, 0.25) is 0 Å². The number of morpholine rings is 1. The number of thiazole rings is 1. The molecule has 1 aromatic heterocycles. The number of guanidine groups is 1. The number of nitrogens with zero attached hydrogens (tertiary/aromatic N) is 5. The lowest BCUT2D eigenvalue weighted by atomic mass is 9.97. The minimum Gasteiger partial charge on any atom is -0.379 e. The lowest BCUT2D eigenvalue weighted by Gasteiger charge is -2.31. The minimum atomic E-state index is 0. The highest BCUT2D eigenvalue weighted by Gasteiger charge is 2.27. The number of ether oxygens (including phenoxy) is 1. The predicted molar refractivity (Wildman–Crippen MR) is 143 cm³/mol. The molecule has 3 fully saturated rings. The van der Waals surface area contributed by atoms with Crippen LogP contribution in [0.1, 0.15) is 36.9 Å². The van der Waals surface area contributed by atoms with Crippen LogP contribution in [-0.2, 0) is 11.3 Å². The minimum absolute atomic E-state index is 0. The molecule has 3 aliphatic heterocycles. The molecule has 0 bridgehead atoms. The maximum absolute atomic E-state index is 5.50. The first-order valence-corrected chi connectivity index (χ1v) is 13.0. The van der Waals surface area contributed by atoms with E-state index < -0.39 is 0 Å². The standard InChI is InChI=1S/C23H40N6OS.HI/c1-3-24-23(29-9-6-21(16-29)15-28-10-12-30-13-11-28)25-14-20-4-7-27(8-5-20)17-22-18-31-19(2)26-22;/h18,20-21H,3-17H2,1-2H3,(H,24,25);1H. The Morgan fingerprint density at radius 3 is 2.56 bits per heavy atom. The van der Waals surface area contributed by atoms with Gasteiger partial charge in [-0.05, 0) is 58.0 Å². The molecule has 9 heteroatoms. The Bertz CT molecular complexity index is 702. The van der Waals surface area contributed by atoms with Crippen LogP contribution in [0.3, 0.4) is 0 Å². The van der Waals surface area contributed by atoms with E-state index >= 15 is 0 Å². The third-order valence-corrected chi connectivity index (χ3v) is 7.62. The molecule has 3 saturated heterocycles. The zero-order chi connectivity index (χ0) is 21.5. The fraction of sp³-hybridized carbons (Fsp3) is 0.826. The predicted octanol–water partition coefficient (Wildman–Crippen LogP) is 2.90. The maximum atomic E-state index is 5.50. The zero-order valence-corrected chi connectivity index (χ0v) is 22.9. The maximum Gasteiger partial charge on any atom is 0.193 e. The van der Waals surface area contributed by atoms with Gasteiger partial charge in [-0.15, -0.1) is 35.3 Å². The van der Waals surface area contributed by atoms with Gasteiger partial charge in [0.1, 0.15) is 0 Å². The molecule has 182 valence electrons. The number of rotatable bonds is 7. The Kier molecular flexibility index (Phi) is 10.9. The van der Waals surface area contributed by atoms with Gasteiger partial charge in [-0.3, -0.25) is 14.8 Å². The van der Waals surface area contributed by atoms with E-state index in [9.17, 15) is 0 Å². The van der Waals surface area contributed by atoms with Crippen molar-refractivity contribution in [3.63, 3.8) is 0 Å². The molecule has 1 atom stereocenters. The van der Waals surface area contributed by atoms with Gasteiger partial charge in [-0.2, -0.15) is 0 Å². The summed E-state index contributed by atoms with van der Waals surface area (Å²) in [6, 6.07) is 0. The molecule has 7 nitrogen and oxygen atoms in total. The topological polar surface area (TPSA) is 56.2 Å². The van der Waals surface area contributed by atoms with Crippen LogP contribution in [0.5, 0.6) is 0 Å². The molecule has 32 heavy (non-hydrogen) atoms. The van der Waals surface area contributed by atoms with Crippen molar-refractivity contribution in [2.75, 3.05) is 72.1 Å². The van der Waals surface area contributed by atoms with Gasteiger partial charge in [0, 0.05) is 57.7 Å². The van der Waals surface area contributed by atoms with E-state index in [1.807, 2.05) is 0 Å². The van der Waals surface area contributed by atoms with E-state index in [0.29, 0.717) is 5.92 Å². The monoisotopic (exact) mass is 576 g/mol. The summed E-state index contributed by atoms with van der Waals surface area (Å²) in [4.78, 5) is 17.3. The van der Waals surface area contributed by atoms with Crippen LogP contribution >= 0.6 is 35.3 Å². The van der Waals surface area contributed by atoms with E-state index in [0.717, 1.165) is 70.9 Å². The van der Waals surface area contributed by atoms with Crippen LogP contribution in [0.4, 0.5) is 0 Å². The number of aromatic nitrogens is 1. The third-order valence-electron chi connectivity index (χ3n) is 6.80. The number of halogens is 1. The highest BCUT2D eigenvalue weighted by molar-refractivity contribution is 14.0. The molecule has 1 aromatic rings. The first kappa shape index (κ1) is 26.1. The largest absolute Gasteiger partial charge is 0.379 e. The van der Waals surface area contributed by atoms with Crippen LogP contribution in [-0.4, -0.2) is 97.8 Å². The van der Waals surface area contributed by atoms with Crippen LogP contribution < -0.4 is 5.32 Å². The molecule has 3 aliphatic rings. The summed E-state index contributed by atoms with van der Waals surface area (Å²) in [5.41, 5.74) is 1.23. The molecule has 0 radical (unpaired) electrons. The molecule has 4 heterocycles. The smallest absolute Gasteiger partial charge is 0.193 e. The lowest BCUT2D eigenvalue weighted by molar-refractivity contribution is 0.0315. The Morgan fingerprint density at radius 2 is 1.88 bits per heavy atom. The number of likely N-dealkylation sites (tertiary alicyclic amines) is 2. The van der Waals surface area contributed by atoms with Crippen molar-refractivity contribution in [3.8, 4) is 0 Å². The van der Waals surface area contributed by atoms with Gasteiger partial charge in [0.15, 0.2) is 5.96 Å². The Hall–Kier alpha value is -0.490. The third kappa shape index (κ3) is 7.78. The molecule has 0 aromatic carbocycles. The SMILES string of the molecule is CCNC(=NCC1CCN(Cc2csc(C)n2)CC1)N1CCC(CN2CCOCC2)C1.I. The van der Waals surface area contributed by atoms with Crippen molar-refractivity contribution >= 4 is 41.3 Å². The van der Waals surface area contributed by atoms with Gasteiger partial charge in [0.2, 0.25) is 0 Å². The van der Waals surface area contributed by atoms with Gasteiger partial charge < -0.3 is 15.0 Å². The molecular formula is C23H41IN6OS. The van der Waals surface area contributed by atoms with Crippen molar-refractivity contribution in [1.82, 2.24) is 25.0 Å². The average Bonchev–Trinajstić information content (AvgIpc) is 3.42. The molecule has 0 aliphatic carbocycles. The number of hydrogen-bond donors (Lipinski definition) is 1. The molecule has 1 N–H and O–H groups in total.